The SMILES string of the molecule is CCCCCCCCCCC[C@@H](OCCCCCCCCCc1ccccc1)C(C)C. The van der Waals surface area contributed by atoms with Crippen LogP contribution in [0, 0.1) is 5.92 Å². The van der Waals surface area contributed by atoms with Crippen LogP contribution in [0.4, 0.5) is 0 Å². The van der Waals surface area contributed by atoms with Gasteiger partial charge in [-0.15, -0.1) is 0 Å². The molecule has 0 N–H and O–H groups in total. The first kappa shape index (κ1) is 28.2. The second-order valence-electron chi connectivity index (χ2n) is 9.98. The van der Waals surface area contributed by atoms with Gasteiger partial charge in [0.1, 0.15) is 0 Å². The van der Waals surface area contributed by atoms with Crippen LogP contribution in [0.2, 0.25) is 0 Å². The monoisotopic (exact) mass is 430 g/mol. The highest BCUT2D eigenvalue weighted by atomic mass is 16.5. The summed E-state index contributed by atoms with van der Waals surface area (Å²) in [5.41, 5.74) is 1.49. The molecule has 1 heteroatoms. The first-order chi connectivity index (χ1) is 15.2. The molecule has 1 aromatic carbocycles. The Balaban J connectivity index is 1.89. The second-order valence-corrected chi connectivity index (χ2v) is 9.98. The Morgan fingerprint density at radius 1 is 0.613 bits per heavy atom. The van der Waals surface area contributed by atoms with Gasteiger partial charge in [-0.1, -0.05) is 141 Å². The number of rotatable bonds is 22. The molecule has 0 unspecified atom stereocenters. The fourth-order valence-electron chi connectivity index (χ4n) is 4.46. The third-order valence-electron chi connectivity index (χ3n) is 6.62. The van der Waals surface area contributed by atoms with E-state index in [0.717, 1.165) is 6.61 Å². The zero-order valence-corrected chi connectivity index (χ0v) is 21.4. The summed E-state index contributed by atoms with van der Waals surface area (Å²) in [6.07, 6.45) is 25.1. The first-order valence-corrected chi connectivity index (χ1v) is 13.9. The minimum absolute atomic E-state index is 0.475. The van der Waals surface area contributed by atoms with Gasteiger partial charge in [0.2, 0.25) is 0 Å². The van der Waals surface area contributed by atoms with E-state index in [9.17, 15) is 0 Å². The van der Waals surface area contributed by atoms with E-state index < -0.39 is 0 Å². The van der Waals surface area contributed by atoms with Crippen LogP contribution in [-0.4, -0.2) is 12.7 Å². The van der Waals surface area contributed by atoms with E-state index in [-0.39, 0.29) is 0 Å². The summed E-state index contributed by atoms with van der Waals surface area (Å²) in [7, 11) is 0. The lowest BCUT2D eigenvalue weighted by Gasteiger charge is -2.21. The van der Waals surface area contributed by atoms with Crippen molar-refractivity contribution < 1.29 is 4.74 Å². The normalized spacial score (nSPS) is 12.5. The summed E-state index contributed by atoms with van der Waals surface area (Å²) in [6.45, 7) is 7.92. The van der Waals surface area contributed by atoms with Gasteiger partial charge >= 0.3 is 0 Å². The van der Waals surface area contributed by atoms with E-state index >= 15 is 0 Å². The summed E-state index contributed by atoms with van der Waals surface area (Å²) >= 11 is 0. The summed E-state index contributed by atoms with van der Waals surface area (Å²) in [6, 6.07) is 10.9. The minimum atomic E-state index is 0.475. The molecule has 1 rings (SSSR count). The van der Waals surface area contributed by atoms with Crippen LogP contribution in [0.1, 0.15) is 135 Å². The van der Waals surface area contributed by atoms with E-state index in [0.29, 0.717) is 12.0 Å². The lowest BCUT2D eigenvalue weighted by atomic mass is 9.99. The predicted octanol–water partition coefficient (Wildman–Crippen LogP) is 9.92. The highest BCUT2D eigenvalue weighted by Gasteiger charge is 2.13. The van der Waals surface area contributed by atoms with Gasteiger partial charge in [-0.05, 0) is 37.2 Å². The number of aryl methyl sites for hydroxylation is 1. The summed E-state index contributed by atoms with van der Waals surface area (Å²) in [4.78, 5) is 0. The van der Waals surface area contributed by atoms with Gasteiger partial charge < -0.3 is 4.74 Å². The van der Waals surface area contributed by atoms with E-state index in [1.807, 2.05) is 0 Å². The van der Waals surface area contributed by atoms with Gasteiger partial charge in [-0.3, -0.25) is 0 Å². The average Bonchev–Trinajstić information content (AvgIpc) is 2.78. The van der Waals surface area contributed by atoms with Crippen molar-refractivity contribution in [2.24, 2.45) is 5.92 Å². The fraction of sp³-hybridized carbons (Fsp3) is 0.800. The molecule has 0 fully saturated rings. The van der Waals surface area contributed by atoms with E-state index in [4.69, 9.17) is 4.74 Å². The predicted molar refractivity (Wildman–Crippen MR) is 139 cm³/mol. The van der Waals surface area contributed by atoms with Crippen molar-refractivity contribution >= 4 is 0 Å². The molecule has 1 nitrogen and oxygen atoms in total. The lowest BCUT2D eigenvalue weighted by molar-refractivity contribution is 0.0131. The molecule has 180 valence electrons. The quantitative estimate of drug-likeness (QED) is 0.166. The van der Waals surface area contributed by atoms with Gasteiger partial charge in [-0.25, -0.2) is 0 Å². The van der Waals surface area contributed by atoms with Crippen LogP contribution in [0.25, 0.3) is 0 Å². The first-order valence-electron chi connectivity index (χ1n) is 13.9. The summed E-state index contributed by atoms with van der Waals surface area (Å²) in [5.74, 6) is 0.652. The van der Waals surface area contributed by atoms with E-state index in [1.54, 1.807) is 0 Å². The summed E-state index contributed by atoms with van der Waals surface area (Å²) < 4.78 is 6.27. The number of unbranched alkanes of at least 4 members (excludes halogenated alkanes) is 14. The van der Waals surface area contributed by atoms with Crippen LogP contribution in [0.3, 0.4) is 0 Å². The van der Waals surface area contributed by atoms with Gasteiger partial charge in [0, 0.05) is 6.61 Å². The van der Waals surface area contributed by atoms with Crippen LogP contribution in [-0.2, 0) is 11.2 Å². The van der Waals surface area contributed by atoms with Crippen LogP contribution < -0.4 is 0 Å². The molecule has 0 bridgehead atoms. The van der Waals surface area contributed by atoms with Gasteiger partial charge in [0.05, 0.1) is 6.10 Å². The molecule has 0 aliphatic carbocycles. The maximum absolute atomic E-state index is 6.27. The highest BCUT2D eigenvalue weighted by molar-refractivity contribution is 5.14. The Morgan fingerprint density at radius 2 is 1.13 bits per heavy atom. The number of benzene rings is 1. The Bertz CT molecular complexity index is 467. The van der Waals surface area contributed by atoms with Gasteiger partial charge in [0.25, 0.3) is 0 Å². The number of hydrogen-bond donors (Lipinski definition) is 0. The van der Waals surface area contributed by atoms with Gasteiger partial charge in [-0.2, -0.15) is 0 Å². The van der Waals surface area contributed by atoms with Crippen LogP contribution in [0.15, 0.2) is 30.3 Å². The number of hydrogen-bond acceptors (Lipinski definition) is 1. The topological polar surface area (TPSA) is 9.23 Å². The molecule has 0 aliphatic heterocycles. The third-order valence-corrected chi connectivity index (χ3v) is 6.62. The molecular formula is C30H54O. The molecule has 0 amide bonds. The largest absolute Gasteiger partial charge is 0.378 e. The van der Waals surface area contributed by atoms with Crippen LogP contribution >= 0.6 is 0 Å². The molecule has 31 heavy (non-hydrogen) atoms. The van der Waals surface area contributed by atoms with Crippen molar-refractivity contribution in [1.29, 1.82) is 0 Å². The van der Waals surface area contributed by atoms with Crippen molar-refractivity contribution in [2.45, 2.75) is 142 Å². The van der Waals surface area contributed by atoms with Crippen molar-refractivity contribution in [3.8, 4) is 0 Å². The maximum Gasteiger partial charge on any atom is 0.0598 e. The average molecular weight is 431 g/mol. The van der Waals surface area contributed by atoms with Crippen molar-refractivity contribution in [1.82, 2.24) is 0 Å². The Kier molecular flexibility index (Phi) is 19.2. The van der Waals surface area contributed by atoms with Crippen molar-refractivity contribution in [3.63, 3.8) is 0 Å². The molecule has 1 aromatic rings. The summed E-state index contributed by atoms with van der Waals surface area (Å²) in [5, 5.41) is 0. The third kappa shape index (κ3) is 17.4. The lowest BCUT2D eigenvalue weighted by Crippen LogP contribution is -2.20. The molecule has 0 saturated carbocycles. The smallest absolute Gasteiger partial charge is 0.0598 e. The Labute approximate surface area is 195 Å². The maximum atomic E-state index is 6.27. The highest BCUT2D eigenvalue weighted by Crippen LogP contribution is 2.18. The Morgan fingerprint density at radius 3 is 1.71 bits per heavy atom. The molecule has 0 saturated heterocycles. The zero-order valence-electron chi connectivity index (χ0n) is 21.4. The van der Waals surface area contributed by atoms with E-state index in [1.165, 1.54) is 121 Å². The molecule has 0 radical (unpaired) electrons. The number of ether oxygens (including phenoxy) is 1. The van der Waals surface area contributed by atoms with Crippen molar-refractivity contribution in [3.05, 3.63) is 35.9 Å². The standard InChI is InChI=1S/C30H54O/c1-4-5-6-7-8-9-12-15-21-26-30(28(2)3)31-27-22-16-13-10-11-14-18-23-29-24-19-17-20-25-29/h17,19-20,24-25,28,30H,4-16,18,21-23,26-27H2,1-3H3/t30-/m1/s1. The molecule has 0 spiro atoms. The molecule has 0 aliphatic rings. The van der Waals surface area contributed by atoms with Gasteiger partial charge in [0.15, 0.2) is 0 Å². The molecular weight excluding hydrogens is 376 g/mol. The molecule has 1 atom stereocenters. The van der Waals surface area contributed by atoms with Crippen molar-refractivity contribution in [2.75, 3.05) is 6.61 Å². The minimum Gasteiger partial charge on any atom is -0.378 e. The molecule has 0 heterocycles. The Hall–Kier alpha value is -0.820. The fourth-order valence-corrected chi connectivity index (χ4v) is 4.46. The molecule has 0 aromatic heterocycles. The van der Waals surface area contributed by atoms with E-state index in [2.05, 4.69) is 51.1 Å². The zero-order chi connectivity index (χ0) is 22.4. The second kappa shape index (κ2) is 21.0. The van der Waals surface area contributed by atoms with Crippen LogP contribution in [0.5, 0.6) is 0 Å².